The maximum atomic E-state index is 9.14. The van der Waals surface area contributed by atoms with Gasteiger partial charge in [-0.15, -0.1) is 0 Å². The maximum absolute atomic E-state index is 9.14. The van der Waals surface area contributed by atoms with Gasteiger partial charge in [0.25, 0.3) is 0 Å². The van der Waals surface area contributed by atoms with E-state index >= 15 is 0 Å². The Morgan fingerprint density at radius 2 is 2.18 bits per heavy atom. The number of hydrogen-bond donors (Lipinski definition) is 3. The van der Waals surface area contributed by atoms with Crippen molar-refractivity contribution >= 4 is 0 Å². The van der Waals surface area contributed by atoms with Gasteiger partial charge >= 0.3 is 0 Å². The zero-order chi connectivity index (χ0) is 8.43. The number of ether oxygens (including phenoxy) is 2. The van der Waals surface area contributed by atoms with Crippen molar-refractivity contribution in [2.75, 3.05) is 13.7 Å². The van der Waals surface area contributed by atoms with Gasteiger partial charge in [0.1, 0.15) is 18.3 Å². The van der Waals surface area contributed by atoms with E-state index in [9.17, 15) is 0 Å². The first kappa shape index (κ1) is 8.89. The maximum Gasteiger partial charge on any atom is 0.183 e. The Morgan fingerprint density at radius 3 is 2.55 bits per heavy atom. The van der Waals surface area contributed by atoms with Crippen molar-refractivity contribution in [3.8, 4) is 0 Å². The van der Waals surface area contributed by atoms with Crippen LogP contribution in [0, 0.1) is 0 Å². The largest absolute Gasteiger partial charge is 0.388 e. The second-order valence-electron chi connectivity index (χ2n) is 2.48. The lowest BCUT2D eigenvalue weighted by Crippen LogP contribution is -2.39. The summed E-state index contributed by atoms with van der Waals surface area (Å²) < 4.78 is 9.37. The Hall–Kier alpha value is -0.200. The molecule has 0 aromatic heterocycles. The highest BCUT2D eigenvalue weighted by molar-refractivity contribution is 4.84. The van der Waals surface area contributed by atoms with E-state index in [4.69, 9.17) is 20.1 Å². The topological polar surface area (TPSA) is 79.2 Å². The lowest BCUT2D eigenvalue weighted by atomic mass is 10.1. The number of aliphatic hydroxyl groups excluding tert-OH is 3. The second-order valence-corrected chi connectivity index (χ2v) is 2.48. The normalized spacial score (nSPS) is 40.9. The van der Waals surface area contributed by atoms with Crippen molar-refractivity contribution in [1.82, 2.24) is 0 Å². The SMILES string of the molecule is CO[C@@H](O)[C@@H]1OC[C@@H](O)C1O. The predicted octanol–water partition coefficient (Wildman–Crippen LogP) is -1.93. The standard InChI is InChI=1S/C6H12O5/c1-10-6(9)5-4(8)3(7)2-11-5/h3-9H,2H2,1H3/t3-,4?,5-,6-/m1/s1. The Labute approximate surface area is 64.2 Å². The van der Waals surface area contributed by atoms with Crippen LogP contribution in [0.2, 0.25) is 0 Å². The molecule has 0 radical (unpaired) electrons. The molecule has 0 bridgehead atoms. The molecular weight excluding hydrogens is 152 g/mol. The van der Waals surface area contributed by atoms with Crippen molar-refractivity contribution in [2.45, 2.75) is 24.6 Å². The van der Waals surface area contributed by atoms with E-state index in [0.717, 1.165) is 0 Å². The van der Waals surface area contributed by atoms with Gasteiger partial charge in [0.2, 0.25) is 0 Å². The Morgan fingerprint density at radius 1 is 1.55 bits per heavy atom. The fourth-order valence-electron chi connectivity index (χ4n) is 1.01. The van der Waals surface area contributed by atoms with Crippen molar-refractivity contribution < 1.29 is 24.8 Å². The van der Waals surface area contributed by atoms with E-state index in [2.05, 4.69) is 4.74 Å². The van der Waals surface area contributed by atoms with Crippen LogP contribution in [0.3, 0.4) is 0 Å². The number of rotatable bonds is 2. The number of methoxy groups -OCH3 is 1. The number of hydrogen-bond acceptors (Lipinski definition) is 5. The lowest BCUT2D eigenvalue weighted by Gasteiger charge is -2.18. The van der Waals surface area contributed by atoms with Gasteiger partial charge in [0.15, 0.2) is 6.29 Å². The molecule has 66 valence electrons. The molecule has 11 heavy (non-hydrogen) atoms. The molecule has 1 rings (SSSR count). The van der Waals surface area contributed by atoms with E-state index in [0.29, 0.717) is 0 Å². The third-order valence-corrected chi connectivity index (χ3v) is 1.71. The molecule has 0 aliphatic carbocycles. The quantitative estimate of drug-likeness (QED) is 0.414. The van der Waals surface area contributed by atoms with Gasteiger partial charge in [0.05, 0.1) is 6.61 Å². The van der Waals surface area contributed by atoms with Crippen LogP contribution in [-0.2, 0) is 9.47 Å². The molecule has 5 heteroatoms. The fourth-order valence-corrected chi connectivity index (χ4v) is 1.01. The van der Waals surface area contributed by atoms with Gasteiger partial charge in [-0.1, -0.05) is 0 Å². The summed E-state index contributed by atoms with van der Waals surface area (Å²) in [7, 11) is 1.30. The van der Waals surface area contributed by atoms with E-state index in [1.165, 1.54) is 7.11 Å². The van der Waals surface area contributed by atoms with Crippen LogP contribution in [0.25, 0.3) is 0 Å². The van der Waals surface area contributed by atoms with Gasteiger partial charge in [-0.05, 0) is 0 Å². The zero-order valence-electron chi connectivity index (χ0n) is 6.17. The Balaban J connectivity index is 2.47. The summed E-state index contributed by atoms with van der Waals surface area (Å²) in [6.45, 7) is 0.0340. The van der Waals surface area contributed by atoms with Gasteiger partial charge < -0.3 is 24.8 Å². The molecule has 3 N–H and O–H groups in total. The minimum Gasteiger partial charge on any atom is -0.388 e. The molecule has 0 saturated carbocycles. The van der Waals surface area contributed by atoms with Crippen LogP contribution in [0.15, 0.2) is 0 Å². The van der Waals surface area contributed by atoms with Crippen LogP contribution >= 0.6 is 0 Å². The Kier molecular flexibility index (Phi) is 2.80. The van der Waals surface area contributed by atoms with Crippen molar-refractivity contribution in [3.05, 3.63) is 0 Å². The van der Waals surface area contributed by atoms with Gasteiger partial charge in [-0.3, -0.25) is 0 Å². The summed E-state index contributed by atoms with van der Waals surface area (Å²) in [6.07, 6.45) is -4.01. The number of aliphatic hydroxyl groups is 3. The van der Waals surface area contributed by atoms with Crippen LogP contribution in [0.1, 0.15) is 0 Å². The molecule has 1 unspecified atom stereocenters. The highest BCUT2D eigenvalue weighted by atomic mass is 16.6. The van der Waals surface area contributed by atoms with Crippen LogP contribution in [-0.4, -0.2) is 53.6 Å². The summed E-state index contributed by atoms with van der Waals surface area (Å²) in [5.41, 5.74) is 0. The average molecular weight is 164 g/mol. The van der Waals surface area contributed by atoms with E-state index in [1.54, 1.807) is 0 Å². The van der Waals surface area contributed by atoms with E-state index < -0.39 is 24.6 Å². The van der Waals surface area contributed by atoms with Crippen LogP contribution < -0.4 is 0 Å². The molecule has 0 spiro atoms. The third kappa shape index (κ3) is 1.69. The first-order chi connectivity index (χ1) is 5.16. The molecule has 1 aliphatic rings. The van der Waals surface area contributed by atoms with E-state index in [1.807, 2.05) is 0 Å². The molecule has 0 aromatic carbocycles. The lowest BCUT2D eigenvalue weighted by molar-refractivity contribution is -0.169. The average Bonchev–Trinajstić information content (AvgIpc) is 2.32. The first-order valence-corrected chi connectivity index (χ1v) is 3.35. The van der Waals surface area contributed by atoms with Crippen LogP contribution in [0.5, 0.6) is 0 Å². The van der Waals surface area contributed by atoms with Gasteiger partial charge in [0, 0.05) is 7.11 Å². The first-order valence-electron chi connectivity index (χ1n) is 3.35. The fraction of sp³-hybridized carbons (Fsp3) is 1.00. The summed E-state index contributed by atoms with van der Waals surface area (Å²) in [5.74, 6) is 0. The predicted molar refractivity (Wildman–Crippen MR) is 34.8 cm³/mol. The van der Waals surface area contributed by atoms with Gasteiger partial charge in [-0.25, -0.2) is 0 Å². The monoisotopic (exact) mass is 164 g/mol. The van der Waals surface area contributed by atoms with Crippen molar-refractivity contribution in [3.63, 3.8) is 0 Å². The Bertz CT molecular complexity index is 128. The molecular formula is C6H12O5. The third-order valence-electron chi connectivity index (χ3n) is 1.71. The molecule has 5 nitrogen and oxygen atoms in total. The molecule has 1 heterocycles. The van der Waals surface area contributed by atoms with Gasteiger partial charge in [-0.2, -0.15) is 0 Å². The highest BCUT2D eigenvalue weighted by Gasteiger charge is 2.39. The summed E-state index contributed by atoms with van der Waals surface area (Å²) in [5, 5.41) is 27.1. The smallest absolute Gasteiger partial charge is 0.183 e. The highest BCUT2D eigenvalue weighted by Crippen LogP contribution is 2.17. The van der Waals surface area contributed by atoms with Crippen molar-refractivity contribution in [2.24, 2.45) is 0 Å². The second kappa shape index (κ2) is 3.46. The van der Waals surface area contributed by atoms with E-state index in [-0.39, 0.29) is 6.61 Å². The summed E-state index contributed by atoms with van der Waals surface area (Å²) in [4.78, 5) is 0. The summed E-state index contributed by atoms with van der Waals surface area (Å²) >= 11 is 0. The molecule has 4 atom stereocenters. The minimum absolute atomic E-state index is 0.0340. The van der Waals surface area contributed by atoms with Crippen molar-refractivity contribution in [1.29, 1.82) is 0 Å². The van der Waals surface area contributed by atoms with Crippen LogP contribution in [0.4, 0.5) is 0 Å². The summed E-state index contributed by atoms with van der Waals surface area (Å²) in [6, 6.07) is 0. The molecule has 1 fully saturated rings. The minimum atomic E-state index is -1.18. The molecule has 1 saturated heterocycles. The zero-order valence-corrected chi connectivity index (χ0v) is 6.17. The molecule has 0 aromatic rings. The molecule has 1 aliphatic heterocycles. The molecule has 0 amide bonds.